The molecule has 11 heavy (non-hydrogen) atoms. The largest absolute Gasteiger partial charge is 0.377 e. The van der Waals surface area contributed by atoms with Gasteiger partial charge in [-0.05, 0) is 6.92 Å². The fraction of sp³-hybridized carbons (Fsp3) is 0.625. The number of nitrogens with two attached hydrogens (primary N) is 1. The van der Waals surface area contributed by atoms with E-state index in [1.54, 1.807) is 0 Å². The lowest BCUT2D eigenvalue weighted by Gasteiger charge is -2.12. The molecule has 1 heterocycles. The zero-order valence-corrected chi connectivity index (χ0v) is 7.00. The minimum atomic E-state index is -0.284. The molecule has 2 N–H and O–H groups in total. The lowest BCUT2D eigenvalue weighted by Crippen LogP contribution is -2.19. The van der Waals surface area contributed by atoms with Crippen molar-refractivity contribution in [2.45, 2.75) is 13.8 Å². The summed E-state index contributed by atoms with van der Waals surface area (Å²) < 4.78 is 0. The van der Waals surface area contributed by atoms with Gasteiger partial charge in [0.25, 0.3) is 0 Å². The average molecular weight is 154 g/mol. The number of primary amides is 1. The maximum absolute atomic E-state index is 10.8. The van der Waals surface area contributed by atoms with Crippen molar-refractivity contribution in [3.63, 3.8) is 0 Å². The van der Waals surface area contributed by atoms with Gasteiger partial charge in [-0.3, -0.25) is 4.79 Å². The molecule has 3 nitrogen and oxygen atoms in total. The molecule has 0 aromatic heterocycles. The Morgan fingerprint density at radius 1 is 1.91 bits per heavy atom. The van der Waals surface area contributed by atoms with Crippen LogP contribution in [0.1, 0.15) is 13.8 Å². The van der Waals surface area contributed by atoms with Crippen LogP contribution in [-0.4, -0.2) is 23.9 Å². The van der Waals surface area contributed by atoms with Gasteiger partial charge in [-0.2, -0.15) is 0 Å². The molecule has 0 saturated heterocycles. The summed E-state index contributed by atoms with van der Waals surface area (Å²) in [4.78, 5) is 12.9. The number of hydrogen-bond donors (Lipinski definition) is 1. The first-order valence-electron chi connectivity index (χ1n) is 3.90. The Morgan fingerprint density at radius 2 is 2.55 bits per heavy atom. The highest BCUT2D eigenvalue weighted by atomic mass is 16.1. The van der Waals surface area contributed by atoms with Crippen LogP contribution in [0, 0.1) is 5.92 Å². The fourth-order valence-corrected chi connectivity index (χ4v) is 1.35. The van der Waals surface area contributed by atoms with Gasteiger partial charge in [0, 0.05) is 30.8 Å². The molecule has 1 atom stereocenters. The molecule has 0 fully saturated rings. The van der Waals surface area contributed by atoms with Crippen molar-refractivity contribution < 1.29 is 4.79 Å². The van der Waals surface area contributed by atoms with Crippen LogP contribution >= 0.6 is 0 Å². The number of hydrogen-bond acceptors (Lipinski definition) is 2. The van der Waals surface area contributed by atoms with E-state index in [2.05, 4.69) is 11.8 Å². The van der Waals surface area contributed by atoms with Gasteiger partial charge in [0.15, 0.2) is 0 Å². The maximum Gasteiger partial charge on any atom is 0.246 e. The van der Waals surface area contributed by atoms with Crippen molar-refractivity contribution in [1.82, 2.24) is 4.90 Å². The monoisotopic (exact) mass is 154 g/mol. The molecule has 1 aliphatic heterocycles. The van der Waals surface area contributed by atoms with Crippen LogP contribution in [0.5, 0.6) is 0 Å². The first-order valence-corrected chi connectivity index (χ1v) is 3.90. The van der Waals surface area contributed by atoms with Crippen molar-refractivity contribution in [3.8, 4) is 0 Å². The van der Waals surface area contributed by atoms with Crippen LogP contribution < -0.4 is 5.73 Å². The number of nitrogens with zero attached hydrogens (tertiary/aromatic N) is 1. The lowest BCUT2D eigenvalue weighted by atomic mass is 10.1. The fourth-order valence-electron chi connectivity index (χ4n) is 1.35. The van der Waals surface area contributed by atoms with E-state index < -0.39 is 0 Å². The van der Waals surface area contributed by atoms with E-state index in [1.165, 1.54) is 0 Å². The van der Waals surface area contributed by atoms with Gasteiger partial charge < -0.3 is 10.6 Å². The molecular formula is C8H14N2O. The van der Waals surface area contributed by atoms with E-state index in [0.29, 0.717) is 5.92 Å². The summed E-state index contributed by atoms with van der Waals surface area (Å²) in [5.41, 5.74) is 5.93. The SMILES string of the molecule is CCN1C=C(C(N)=O)C(C)C1. The molecule has 1 rings (SSSR count). The third-order valence-corrected chi connectivity index (χ3v) is 2.05. The second-order valence-electron chi connectivity index (χ2n) is 2.94. The van der Waals surface area contributed by atoms with Crippen LogP contribution in [-0.2, 0) is 4.79 Å². The zero-order valence-electron chi connectivity index (χ0n) is 7.00. The Morgan fingerprint density at radius 3 is 2.82 bits per heavy atom. The van der Waals surface area contributed by atoms with Crippen molar-refractivity contribution in [1.29, 1.82) is 0 Å². The quantitative estimate of drug-likeness (QED) is 0.623. The van der Waals surface area contributed by atoms with E-state index in [1.807, 2.05) is 13.1 Å². The Labute approximate surface area is 66.9 Å². The third-order valence-electron chi connectivity index (χ3n) is 2.05. The molecule has 62 valence electrons. The summed E-state index contributed by atoms with van der Waals surface area (Å²) in [5.74, 6) is 0.0147. The van der Waals surface area contributed by atoms with Crippen molar-refractivity contribution >= 4 is 5.91 Å². The van der Waals surface area contributed by atoms with E-state index in [0.717, 1.165) is 18.7 Å². The minimum absolute atomic E-state index is 0.284. The zero-order chi connectivity index (χ0) is 8.43. The smallest absolute Gasteiger partial charge is 0.246 e. The maximum atomic E-state index is 10.8. The van der Waals surface area contributed by atoms with Crippen molar-refractivity contribution in [3.05, 3.63) is 11.8 Å². The summed E-state index contributed by atoms with van der Waals surface area (Å²) in [6, 6.07) is 0. The van der Waals surface area contributed by atoms with Crippen LogP contribution in [0.15, 0.2) is 11.8 Å². The first kappa shape index (κ1) is 8.11. The van der Waals surface area contributed by atoms with E-state index in [4.69, 9.17) is 5.73 Å². The molecule has 0 radical (unpaired) electrons. The second kappa shape index (κ2) is 2.95. The molecular weight excluding hydrogens is 140 g/mol. The number of carbonyl (C=O) groups excluding carboxylic acids is 1. The predicted octanol–water partition coefficient (Wildman–Crippen LogP) is 0.327. The molecule has 0 spiro atoms. The molecule has 0 saturated carbocycles. The summed E-state index contributed by atoms with van der Waals surface area (Å²) in [6.45, 7) is 5.95. The van der Waals surface area contributed by atoms with Crippen molar-refractivity contribution in [2.24, 2.45) is 11.7 Å². The molecule has 0 aromatic rings. The normalized spacial score (nSPS) is 23.6. The number of rotatable bonds is 2. The van der Waals surface area contributed by atoms with Crippen LogP contribution in [0.4, 0.5) is 0 Å². The van der Waals surface area contributed by atoms with E-state index >= 15 is 0 Å². The highest BCUT2D eigenvalue weighted by molar-refractivity contribution is 5.92. The van der Waals surface area contributed by atoms with E-state index in [-0.39, 0.29) is 5.91 Å². The minimum Gasteiger partial charge on any atom is -0.377 e. The molecule has 0 aromatic carbocycles. The van der Waals surface area contributed by atoms with Gasteiger partial charge in [0.2, 0.25) is 5.91 Å². The Balaban J connectivity index is 2.70. The molecule has 3 heteroatoms. The predicted molar refractivity (Wildman–Crippen MR) is 43.7 cm³/mol. The Kier molecular flexibility index (Phi) is 2.17. The van der Waals surface area contributed by atoms with Crippen LogP contribution in [0.25, 0.3) is 0 Å². The highest BCUT2D eigenvalue weighted by Gasteiger charge is 2.22. The van der Waals surface area contributed by atoms with Crippen LogP contribution in [0.3, 0.4) is 0 Å². The molecule has 0 bridgehead atoms. The topological polar surface area (TPSA) is 46.3 Å². The number of carbonyl (C=O) groups is 1. The van der Waals surface area contributed by atoms with E-state index in [9.17, 15) is 4.79 Å². The molecule has 0 aliphatic carbocycles. The van der Waals surface area contributed by atoms with Gasteiger partial charge in [-0.1, -0.05) is 6.92 Å². The van der Waals surface area contributed by atoms with Gasteiger partial charge in [0.1, 0.15) is 0 Å². The Bertz CT molecular complexity index is 198. The van der Waals surface area contributed by atoms with Gasteiger partial charge in [0.05, 0.1) is 0 Å². The van der Waals surface area contributed by atoms with Gasteiger partial charge in [-0.25, -0.2) is 0 Å². The summed E-state index contributed by atoms with van der Waals surface area (Å²) in [5, 5.41) is 0. The van der Waals surface area contributed by atoms with Gasteiger partial charge in [-0.15, -0.1) is 0 Å². The molecule has 1 unspecified atom stereocenters. The molecule has 1 aliphatic rings. The van der Waals surface area contributed by atoms with Gasteiger partial charge >= 0.3 is 0 Å². The van der Waals surface area contributed by atoms with Crippen molar-refractivity contribution in [2.75, 3.05) is 13.1 Å². The Hall–Kier alpha value is -0.990. The standard InChI is InChI=1S/C8H14N2O/c1-3-10-4-6(2)7(5-10)8(9)11/h5-6H,3-4H2,1-2H3,(H2,9,11). The van der Waals surface area contributed by atoms with Crippen LogP contribution in [0.2, 0.25) is 0 Å². The number of amides is 1. The first-order chi connectivity index (χ1) is 5.15. The summed E-state index contributed by atoms with van der Waals surface area (Å²) in [6.07, 6.45) is 1.87. The summed E-state index contributed by atoms with van der Waals surface area (Å²) >= 11 is 0. The highest BCUT2D eigenvalue weighted by Crippen LogP contribution is 2.19. The second-order valence-corrected chi connectivity index (χ2v) is 2.94. The third kappa shape index (κ3) is 1.53. The average Bonchev–Trinajstić information content (AvgIpc) is 2.30. The summed E-state index contributed by atoms with van der Waals surface area (Å²) in [7, 11) is 0. The lowest BCUT2D eigenvalue weighted by molar-refractivity contribution is -0.114. The molecule has 1 amide bonds.